The first kappa shape index (κ1) is 13.1. The largest absolute Gasteiger partial charge is 0.390 e. The molecular formula is C4H10BiO2S2. The van der Waals surface area contributed by atoms with E-state index in [2.05, 4.69) is 25.3 Å². The van der Waals surface area contributed by atoms with Crippen molar-refractivity contribution >= 4 is 51.5 Å². The van der Waals surface area contributed by atoms with E-state index in [1.54, 1.807) is 0 Å². The monoisotopic (exact) mass is 363 g/mol. The molecule has 0 bridgehead atoms. The summed E-state index contributed by atoms with van der Waals surface area (Å²) in [4.78, 5) is 0. The zero-order chi connectivity index (χ0) is 6.57. The molecule has 0 fully saturated rings. The molecule has 0 unspecified atom stereocenters. The van der Waals surface area contributed by atoms with Gasteiger partial charge in [0.25, 0.3) is 0 Å². The van der Waals surface area contributed by atoms with E-state index in [9.17, 15) is 0 Å². The van der Waals surface area contributed by atoms with E-state index in [1.807, 2.05) is 0 Å². The zero-order valence-corrected chi connectivity index (χ0v) is 10.1. The molecule has 0 amide bonds. The van der Waals surface area contributed by atoms with E-state index in [-0.39, 0.29) is 37.7 Å². The minimum Gasteiger partial charge on any atom is -0.390 e. The van der Waals surface area contributed by atoms with Crippen LogP contribution in [0.4, 0.5) is 0 Å². The summed E-state index contributed by atoms with van der Waals surface area (Å²) in [7, 11) is 0. The molecule has 5 heteroatoms. The first-order valence-electron chi connectivity index (χ1n) is 2.30. The Morgan fingerprint density at radius 1 is 1.00 bits per heavy atom. The minimum absolute atomic E-state index is 0. The maximum absolute atomic E-state index is 8.75. The Morgan fingerprint density at radius 3 is 1.33 bits per heavy atom. The topological polar surface area (TPSA) is 40.5 Å². The summed E-state index contributed by atoms with van der Waals surface area (Å²) in [6.07, 6.45) is -1.48. The van der Waals surface area contributed by atoms with Crippen LogP contribution in [-0.2, 0) is 0 Å². The van der Waals surface area contributed by atoms with Crippen molar-refractivity contribution in [3.8, 4) is 0 Å². The van der Waals surface area contributed by atoms with Crippen LogP contribution in [0.15, 0.2) is 0 Å². The van der Waals surface area contributed by atoms with Crippen LogP contribution in [0, 0.1) is 0 Å². The fraction of sp³-hybridized carbons (Fsp3) is 1.00. The van der Waals surface area contributed by atoms with Gasteiger partial charge in [-0.25, -0.2) is 0 Å². The average molecular weight is 363 g/mol. The van der Waals surface area contributed by atoms with Crippen molar-refractivity contribution in [1.82, 2.24) is 0 Å². The van der Waals surface area contributed by atoms with Crippen LogP contribution in [0.1, 0.15) is 0 Å². The number of rotatable bonds is 3. The number of hydrogen-bond donors (Lipinski definition) is 4. The summed E-state index contributed by atoms with van der Waals surface area (Å²) in [5.41, 5.74) is 0. The minimum atomic E-state index is -0.740. The fourth-order valence-electron chi connectivity index (χ4n) is 0.243. The summed E-state index contributed by atoms with van der Waals surface area (Å²) >= 11 is 7.53. The number of aliphatic hydroxyl groups is 2. The van der Waals surface area contributed by atoms with E-state index < -0.39 is 12.2 Å². The van der Waals surface area contributed by atoms with Gasteiger partial charge in [0, 0.05) is 37.7 Å². The summed E-state index contributed by atoms with van der Waals surface area (Å²) in [6.45, 7) is 0. The fourth-order valence-corrected chi connectivity index (χ4v) is 0.730. The summed E-state index contributed by atoms with van der Waals surface area (Å²) in [6, 6.07) is 0. The van der Waals surface area contributed by atoms with E-state index in [0.29, 0.717) is 0 Å². The summed E-state index contributed by atoms with van der Waals surface area (Å²) in [5, 5.41) is 17.5. The third kappa shape index (κ3) is 5.92. The number of thiol groups is 2. The Kier molecular flexibility index (Phi) is 11.1. The maximum atomic E-state index is 8.75. The van der Waals surface area contributed by atoms with Crippen LogP contribution in [0.5, 0.6) is 0 Å². The molecule has 3 radical (unpaired) electrons. The third-order valence-electron chi connectivity index (χ3n) is 0.818. The predicted molar refractivity (Wildman–Crippen MR) is 45.5 cm³/mol. The second kappa shape index (κ2) is 7.61. The van der Waals surface area contributed by atoms with Gasteiger partial charge in [-0.2, -0.15) is 25.3 Å². The van der Waals surface area contributed by atoms with Gasteiger partial charge in [0.2, 0.25) is 0 Å². The van der Waals surface area contributed by atoms with Gasteiger partial charge in [0.1, 0.15) is 0 Å². The smallest absolute Gasteiger partial charge is 0.0894 e. The molecule has 2 atom stereocenters. The molecule has 0 aromatic carbocycles. The van der Waals surface area contributed by atoms with E-state index >= 15 is 0 Å². The zero-order valence-electron chi connectivity index (χ0n) is 4.80. The van der Waals surface area contributed by atoms with Crippen molar-refractivity contribution in [2.45, 2.75) is 12.2 Å². The molecule has 2 nitrogen and oxygen atoms in total. The Labute approximate surface area is 85.0 Å². The molecule has 0 aromatic rings. The first-order chi connectivity index (χ1) is 3.72. The van der Waals surface area contributed by atoms with E-state index in [0.717, 1.165) is 0 Å². The van der Waals surface area contributed by atoms with Crippen LogP contribution < -0.4 is 0 Å². The molecule has 9 heavy (non-hydrogen) atoms. The van der Waals surface area contributed by atoms with E-state index in [4.69, 9.17) is 10.2 Å². The average Bonchev–Trinajstić information content (AvgIpc) is 1.84. The molecule has 0 spiro atoms. The van der Waals surface area contributed by atoms with Gasteiger partial charge < -0.3 is 10.2 Å². The van der Waals surface area contributed by atoms with Crippen LogP contribution in [0.3, 0.4) is 0 Å². The second-order valence-corrected chi connectivity index (χ2v) is 2.23. The molecule has 55 valence electrons. The van der Waals surface area contributed by atoms with Crippen molar-refractivity contribution < 1.29 is 10.2 Å². The molecule has 0 aliphatic rings. The quantitative estimate of drug-likeness (QED) is 0.391. The Balaban J connectivity index is 0. The Hall–Kier alpha value is 1.50. The molecule has 2 N–H and O–H groups in total. The van der Waals surface area contributed by atoms with Crippen LogP contribution >= 0.6 is 25.3 Å². The molecule has 0 rings (SSSR count). The van der Waals surface area contributed by atoms with Crippen molar-refractivity contribution in [2.75, 3.05) is 11.5 Å². The normalized spacial score (nSPS) is 16.0. The first-order valence-corrected chi connectivity index (χ1v) is 3.56. The van der Waals surface area contributed by atoms with Crippen LogP contribution in [0.2, 0.25) is 0 Å². The summed E-state index contributed by atoms with van der Waals surface area (Å²) < 4.78 is 0. The van der Waals surface area contributed by atoms with E-state index in [1.165, 1.54) is 0 Å². The molecule has 0 aromatic heterocycles. The van der Waals surface area contributed by atoms with Crippen molar-refractivity contribution in [3.05, 3.63) is 0 Å². The molecule has 0 aliphatic heterocycles. The molecule has 0 aliphatic carbocycles. The maximum Gasteiger partial charge on any atom is 0.0894 e. The second-order valence-electron chi connectivity index (χ2n) is 1.50. The molecular weight excluding hydrogens is 353 g/mol. The molecule has 0 heterocycles. The van der Waals surface area contributed by atoms with Gasteiger partial charge in [-0.05, 0) is 0 Å². The van der Waals surface area contributed by atoms with Gasteiger partial charge in [-0.1, -0.05) is 0 Å². The SMILES string of the molecule is O[C@H](CS)[C@@H](O)CS.[Bi]. The van der Waals surface area contributed by atoms with Gasteiger partial charge in [0.15, 0.2) is 0 Å². The van der Waals surface area contributed by atoms with Gasteiger partial charge in [0.05, 0.1) is 12.2 Å². The van der Waals surface area contributed by atoms with Crippen molar-refractivity contribution in [3.63, 3.8) is 0 Å². The van der Waals surface area contributed by atoms with Gasteiger partial charge >= 0.3 is 0 Å². The van der Waals surface area contributed by atoms with Gasteiger partial charge in [-0.15, -0.1) is 0 Å². The Bertz CT molecular complexity index is 56.5. The standard InChI is InChI=1S/C4H10O2S2.Bi/c5-3(1-7)4(6)2-8;/h3-8H,1-2H2;/t3-,4+;. The van der Waals surface area contributed by atoms with Crippen molar-refractivity contribution in [2.24, 2.45) is 0 Å². The third-order valence-corrected chi connectivity index (χ3v) is 1.57. The summed E-state index contributed by atoms with van der Waals surface area (Å²) in [5.74, 6) is 0.559. The molecule has 0 saturated carbocycles. The van der Waals surface area contributed by atoms with Crippen LogP contribution in [-0.4, -0.2) is 60.1 Å². The Morgan fingerprint density at radius 2 is 1.22 bits per heavy atom. The molecule has 0 saturated heterocycles. The number of hydrogen-bond acceptors (Lipinski definition) is 4. The van der Waals surface area contributed by atoms with Gasteiger partial charge in [-0.3, -0.25) is 0 Å². The predicted octanol–water partition coefficient (Wildman–Crippen LogP) is -0.813. The van der Waals surface area contributed by atoms with Crippen LogP contribution in [0.25, 0.3) is 0 Å². The number of aliphatic hydroxyl groups excluding tert-OH is 2. The van der Waals surface area contributed by atoms with Crippen molar-refractivity contribution in [1.29, 1.82) is 0 Å².